The average molecular weight is 435 g/mol. The van der Waals surface area contributed by atoms with Crippen molar-refractivity contribution < 1.29 is 19.5 Å². The molecule has 6 nitrogen and oxygen atoms in total. The van der Waals surface area contributed by atoms with Gasteiger partial charge in [-0.05, 0) is 43.2 Å². The molecule has 1 fully saturated rings. The molecule has 0 radical (unpaired) electrons. The summed E-state index contributed by atoms with van der Waals surface area (Å²) < 4.78 is 0. The molecular weight excluding hydrogens is 415 g/mol. The van der Waals surface area contributed by atoms with E-state index >= 15 is 0 Å². The number of benzene rings is 2. The first kappa shape index (κ1) is 21.1. The lowest BCUT2D eigenvalue weighted by Gasteiger charge is -2.27. The van der Waals surface area contributed by atoms with Crippen LogP contribution in [-0.4, -0.2) is 22.9 Å². The van der Waals surface area contributed by atoms with Crippen molar-refractivity contribution in [1.29, 1.82) is 0 Å². The summed E-state index contributed by atoms with van der Waals surface area (Å²) in [4.78, 5) is 37.0. The van der Waals surface area contributed by atoms with Gasteiger partial charge < -0.3 is 15.7 Å². The minimum atomic E-state index is -0.963. The van der Waals surface area contributed by atoms with Crippen molar-refractivity contribution in [3.8, 4) is 0 Å². The maximum absolute atomic E-state index is 12.8. The smallest absolute Gasteiger partial charge is 0.307 e. The van der Waals surface area contributed by atoms with Crippen LogP contribution in [0.2, 0.25) is 10.0 Å². The van der Waals surface area contributed by atoms with Crippen LogP contribution < -0.4 is 10.6 Å². The molecular formula is C21H20Cl2N2O4. The van der Waals surface area contributed by atoms with E-state index in [9.17, 15) is 19.5 Å². The SMILES string of the molecule is O=C(Nc1ccc(Cl)c(Cl)c1)c1ccccc1NC(=O)[C@@H]1CCCC[C@@H]1C(=O)O. The lowest BCUT2D eigenvalue weighted by atomic mass is 9.78. The first-order valence-corrected chi connectivity index (χ1v) is 10.0. The van der Waals surface area contributed by atoms with Crippen molar-refractivity contribution >= 4 is 52.4 Å². The summed E-state index contributed by atoms with van der Waals surface area (Å²) in [5, 5.41) is 15.6. The number of aliphatic carboxylic acids is 1. The second-order valence-electron chi connectivity index (χ2n) is 6.95. The third kappa shape index (κ3) is 5.08. The first-order chi connectivity index (χ1) is 13.9. The number of amides is 2. The van der Waals surface area contributed by atoms with Gasteiger partial charge in [0.15, 0.2) is 0 Å². The van der Waals surface area contributed by atoms with Crippen LogP contribution in [0.15, 0.2) is 42.5 Å². The normalized spacial score (nSPS) is 18.7. The number of nitrogens with one attached hydrogen (secondary N) is 2. The van der Waals surface area contributed by atoms with Crippen LogP contribution in [0.1, 0.15) is 36.0 Å². The molecule has 0 spiro atoms. The van der Waals surface area contributed by atoms with Gasteiger partial charge in [0.25, 0.3) is 5.91 Å². The molecule has 8 heteroatoms. The molecule has 2 aromatic rings. The molecule has 0 aliphatic heterocycles. The summed E-state index contributed by atoms with van der Waals surface area (Å²) in [5.74, 6) is -3.10. The van der Waals surface area contributed by atoms with Crippen LogP contribution in [0.4, 0.5) is 11.4 Å². The Balaban J connectivity index is 1.77. The number of carboxylic acids is 1. The van der Waals surface area contributed by atoms with Crippen LogP contribution in [0.3, 0.4) is 0 Å². The van der Waals surface area contributed by atoms with Crippen molar-refractivity contribution in [1.82, 2.24) is 0 Å². The Morgan fingerprint density at radius 2 is 1.59 bits per heavy atom. The lowest BCUT2D eigenvalue weighted by molar-refractivity contribution is -0.147. The van der Waals surface area contributed by atoms with Gasteiger partial charge in [-0.3, -0.25) is 14.4 Å². The van der Waals surface area contributed by atoms with Gasteiger partial charge in [-0.15, -0.1) is 0 Å². The van der Waals surface area contributed by atoms with Crippen LogP contribution in [0, 0.1) is 11.8 Å². The third-order valence-corrected chi connectivity index (χ3v) is 5.77. The molecule has 1 aliphatic rings. The number of carboxylic acid groups (broad SMARTS) is 1. The first-order valence-electron chi connectivity index (χ1n) is 9.26. The van der Waals surface area contributed by atoms with Crippen LogP contribution >= 0.6 is 23.2 Å². The highest BCUT2D eigenvalue weighted by atomic mass is 35.5. The fraction of sp³-hybridized carbons (Fsp3) is 0.286. The summed E-state index contributed by atoms with van der Waals surface area (Å²) in [6, 6.07) is 11.3. The maximum atomic E-state index is 12.8. The van der Waals surface area contributed by atoms with E-state index in [1.807, 2.05) is 0 Å². The Morgan fingerprint density at radius 1 is 0.897 bits per heavy atom. The molecule has 29 heavy (non-hydrogen) atoms. The molecule has 152 valence electrons. The molecule has 2 atom stereocenters. The van der Waals surface area contributed by atoms with E-state index in [1.165, 1.54) is 6.07 Å². The van der Waals surface area contributed by atoms with Gasteiger partial charge >= 0.3 is 5.97 Å². The average Bonchev–Trinajstić information content (AvgIpc) is 2.71. The van der Waals surface area contributed by atoms with Gasteiger partial charge in [-0.25, -0.2) is 0 Å². The molecule has 0 unspecified atom stereocenters. The summed E-state index contributed by atoms with van der Waals surface area (Å²) in [5.41, 5.74) is 1.04. The van der Waals surface area contributed by atoms with E-state index in [0.717, 1.165) is 12.8 Å². The van der Waals surface area contributed by atoms with E-state index in [2.05, 4.69) is 10.6 Å². The number of hydrogen-bond acceptors (Lipinski definition) is 3. The fourth-order valence-electron chi connectivity index (χ4n) is 3.53. The summed E-state index contributed by atoms with van der Waals surface area (Å²) in [6.07, 6.45) is 2.60. The second kappa shape index (κ2) is 9.29. The van der Waals surface area contributed by atoms with E-state index in [4.69, 9.17) is 23.2 Å². The number of hydrogen-bond donors (Lipinski definition) is 3. The van der Waals surface area contributed by atoms with E-state index in [0.29, 0.717) is 34.3 Å². The van der Waals surface area contributed by atoms with Crippen molar-refractivity contribution in [2.24, 2.45) is 11.8 Å². The van der Waals surface area contributed by atoms with E-state index < -0.39 is 23.7 Å². The molecule has 3 N–H and O–H groups in total. The van der Waals surface area contributed by atoms with Gasteiger partial charge in [0.2, 0.25) is 5.91 Å². The van der Waals surface area contributed by atoms with Gasteiger partial charge in [0.05, 0.1) is 33.1 Å². The van der Waals surface area contributed by atoms with E-state index in [1.54, 1.807) is 36.4 Å². The fourth-order valence-corrected chi connectivity index (χ4v) is 3.83. The number of para-hydroxylation sites is 1. The summed E-state index contributed by atoms with van der Waals surface area (Å²) >= 11 is 11.9. The Kier molecular flexibility index (Phi) is 6.77. The second-order valence-corrected chi connectivity index (χ2v) is 7.77. The largest absolute Gasteiger partial charge is 0.481 e. The van der Waals surface area contributed by atoms with Crippen LogP contribution in [-0.2, 0) is 9.59 Å². The molecule has 3 rings (SSSR count). The van der Waals surface area contributed by atoms with Crippen molar-refractivity contribution in [3.63, 3.8) is 0 Å². The predicted octanol–water partition coefficient (Wildman–Crippen LogP) is 5.08. The van der Waals surface area contributed by atoms with Crippen LogP contribution in [0.5, 0.6) is 0 Å². The van der Waals surface area contributed by atoms with Gasteiger partial charge in [0, 0.05) is 5.69 Å². The number of halogens is 2. The van der Waals surface area contributed by atoms with Crippen molar-refractivity contribution in [3.05, 3.63) is 58.1 Å². The Hall–Kier alpha value is -2.57. The maximum Gasteiger partial charge on any atom is 0.307 e. The number of anilines is 2. The molecule has 0 bridgehead atoms. The van der Waals surface area contributed by atoms with Crippen LogP contribution in [0.25, 0.3) is 0 Å². The Bertz CT molecular complexity index is 948. The molecule has 0 saturated heterocycles. The molecule has 2 amide bonds. The molecule has 1 saturated carbocycles. The predicted molar refractivity (Wildman–Crippen MR) is 113 cm³/mol. The van der Waals surface area contributed by atoms with Crippen molar-refractivity contribution in [2.45, 2.75) is 25.7 Å². The minimum Gasteiger partial charge on any atom is -0.481 e. The highest BCUT2D eigenvalue weighted by Crippen LogP contribution is 2.32. The summed E-state index contributed by atoms with van der Waals surface area (Å²) in [6.45, 7) is 0. The van der Waals surface area contributed by atoms with Crippen molar-refractivity contribution in [2.75, 3.05) is 10.6 Å². The quantitative estimate of drug-likeness (QED) is 0.611. The third-order valence-electron chi connectivity index (χ3n) is 5.03. The Morgan fingerprint density at radius 3 is 2.28 bits per heavy atom. The molecule has 2 aromatic carbocycles. The number of carbonyl (C=O) groups excluding carboxylic acids is 2. The topological polar surface area (TPSA) is 95.5 Å². The Labute approximate surface area is 178 Å². The highest BCUT2D eigenvalue weighted by molar-refractivity contribution is 6.42. The zero-order chi connectivity index (χ0) is 21.0. The summed E-state index contributed by atoms with van der Waals surface area (Å²) in [7, 11) is 0. The zero-order valence-electron chi connectivity index (χ0n) is 15.5. The van der Waals surface area contributed by atoms with Gasteiger partial charge in [0.1, 0.15) is 0 Å². The lowest BCUT2D eigenvalue weighted by Crippen LogP contribution is -2.36. The van der Waals surface area contributed by atoms with Gasteiger partial charge in [-0.1, -0.05) is 48.2 Å². The highest BCUT2D eigenvalue weighted by Gasteiger charge is 2.36. The van der Waals surface area contributed by atoms with Gasteiger partial charge in [-0.2, -0.15) is 0 Å². The minimum absolute atomic E-state index is 0.259. The number of rotatable bonds is 5. The zero-order valence-corrected chi connectivity index (χ0v) is 17.0. The standard InChI is InChI=1S/C21H20Cl2N2O4/c22-16-10-9-12(11-17(16)23)24-20(27)15-7-3-4-8-18(15)25-19(26)13-5-1-2-6-14(13)21(28)29/h3-4,7-11,13-14H,1-2,5-6H2,(H,24,27)(H,25,26)(H,28,29)/t13-,14+/m1/s1. The molecule has 0 heterocycles. The molecule has 1 aliphatic carbocycles. The monoisotopic (exact) mass is 434 g/mol. The number of carbonyl (C=O) groups is 3. The molecule has 0 aromatic heterocycles. The van der Waals surface area contributed by atoms with E-state index in [-0.39, 0.29) is 11.5 Å².